The van der Waals surface area contributed by atoms with Gasteiger partial charge < -0.3 is 4.98 Å². The molecule has 0 unspecified atom stereocenters. The van der Waals surface area contributed by atoms with Gasteiger partial charge >= 0.3 is 0 Å². The first-order chi connectivity index (χ1) is 5.75. The Morgan fingerprint density at radius 3 is 3.00 bits per heavy atom. The van der Waals surface area contributed by atoms with Crippen molar-refractivity contribution in [2.75, 3.05) is 0 Å². The van der Waals surface area contributed by atoms with Gasteiger partial charge in [0.15, 0.2) is 0 Å². The third-order valence-corrected chi connectivity index (χ3v) is 1.76. The molecule has 1 nitrogen and oxygen atoms in total. The lowest BCUT2D eigenvalue weighted by molar-refractivity contribution is 1.23. The minimum absolute atomic E-state index is 1.06. The van der Waals surface area contributed by atoms with Crippen molar-refractivity contribution in [2.24, 2.45) is 0 Å². The van der Waals surface area contributed by atoms with E-state index < -0.39 is 0 Å². The first-order valence-electron chi connectivity index (χ1n) is 4.25. The molecule has 0 radical (unpaired) electrons. The summed E-state index contributed by atoms with van der Waals surface area (Å²) in [7, 11) is 0. The summed E-state index contributed by atoms with van der Waals surface area (Å²) < 4.78 is 0. The van der Waals surface area contributed by atoms with E-state index in [1.54, 1.807) is 0 Å². The standard InChI is InChI=1S/C11H15N/c1-4-5-6-11-10(9(2)3)7-8-12-11/h5-8,12H,2,4H2,1,3H3/b6-5-. The zero-order valence-electron chi connectivity index (χ0n) is 7.72. The van der Waals surface area contributed by atoms with E-state index in [9.17, 15) is 0 Å². The van der Waals surface area contributed by atoms with Crippen molar-refractivity contribution in [2.45, 2.75) is 20.3 Å². The van der Waals surface area contributed by atoms with Crippen molar-refractivity contribution >= 4 is 11.6 Å². The average Bonchev–Trinajstić information content (AvgIpc) is 2.48. The van der Waals surface area contributed by atoms with Crippen molar-refractivity contribution in [1.82, 2.24) is 4.98 Å². The summed E-state index contributed by atoms with van der Waals surface area (Å²) in [4.78, 5) is 3.17. The highest BCUT2D eigenvalue weighted by Crippen LogP contribution is 2.17. The van der Waals surface area contributed by atoms with Gasteiger partial charge in [0, 0.05) is 17.5 Å². The van der Waals surface area contributed by atoms with Crippen LogP contribution < -0.4 is 0 Å². The zero-order valence-corrected chi connectivity index (χ0v) is 7.72. The van der Waals surface area contributed by atoms with Gasteiger partial charge in [0.25, 0.3) is 0 Å². The van der Waals surface area contributed by atoms with Gasteiger partial charge in [-0.2, -0.15) is 0 Å². The summed E-state index contributed by atoms with van der Waals surface area (Å²) in [6.07, 6.45) is 7.25. The molecule has 0 spiro atoms. The van der Waals surface area contributed by atoms with Crippen LogP contribution in [0.3, 0.4) is 0 Å². The molecule has 0 saturated carbocycles. The van der Waals surface area contributed by atoms with E-state index in [4.69, 9.17) is 0 Å². The highest BCUT2D eigenvalue weighted by atomic mass is 14.7. The van der Waals surface area contributed by atoms with Gasteiger partial charge in [0.05, 0.1) is 0 Å². The maximum atomic E-state index is 3.91. The van der Waals surface area contributed by atoms with Crippen molar-refractivity contribution in [3.63, 3.8) is 0 Å². The number of hydrogen-bond acceptors (Lipinski definition) is 0. The van der Waals surface area contributed by atoms with Crippen molar-refractivity contribution in [3.05, 3.63) is 36.2 Å². The fourth-order valence-electron chi connectivity index (χ4n) is 1.13. The molecule has 1 aromatic heterocycles. The average molecular weight is 161 g/mol. The molecule has 1 aromatic rings. The summed E-state index contributed by atoms with van der Waals surface area (Å²) in [6, 6.07) is 2.05. The number of H-pyrrole nitrogens is 1. The van der Waals surface area contributed by atoms with Crippen LogP contribution in [-0.4, -0.2) is 4.98 Å². The second kappa shape index (κ2) is 3.96. The molecule has 0 saturated heterocycles. The molecule has 12 heavy (non-hydrogen) atoms. The lowest BCUT2D eigenvalue weighted by Crippen LogP contribution is -1.78. The Bertz CT molecular complexity index is 292. The zero-order chi connectivity index (χ0) is 8.97. The van der Waals surface area contributed by atoms with Crippen LogP contribution in [0.5, 0.6) is 0 Å². The number of aromatic amines is 1. The third kappa shape index (κ3) is 1.88. The molecule has 0 atom stereocenters. The van der Waals surface area contributed by atoms with E-state index in [2.05, 4.69) is 36.7 Å². The van der Waals surface area contributed by atoms with Gasteiger partial charge in [0.1, 0.15) is 0 Å². The fraction of sp³-hybridized carbons (Fsp3) is 0.273. The lowest BCUT2D eigenvalue weighted by Gasteiger charge is -1.96. The Morgan fingerprint density at radius 2 is 2.42 bits per heavy atom. The molecule has 0 amide bonds. The first kappa shape index (κ1) is 8.85. The minimum Gasteiger partial charge on any atom is -0.361 e. The third-order valence-electron chi connectivity index (χ3n) is 1.76. The quantitative estimate of drug-likeness (QED) is 0.698. The molecule has 0 aliphatic carbocycles. The summed E-state index contributed by atoms with van der Waals surface area (Å²) in [5, 5.41) is 0. The highest BCUT2D eigenvalue weighted by Gasteiger charge is 1.99. The molecule has 64 valence electrons. The number of allylic oxidation sites excluding steroid dienone is 2. The Hall–Kier alpha value is -1.24. The van der Waals surface area contributed by atoms with E-state index in [-0.39, 0.29) is 0 Å². The van der Waals surface area contributed by atoms with Crippen LogP contribution in [0.25, 0.3) is 11.6 Å². The molecule has 0 aliphatic rings. The second-order valence-electron chi connectivity index (χ2n) is 2.90. The van der Waals surface area contributed by atoms with E-state index in [1.165, 1.54) is 5.56 Å². The molecule has 1 heteroatoms. The highest BCUT2D eigenvalue weighted by molar-refractivity contribution is 5.70. The van der Waals surface area contributed by atoms with Crippen LogP contribution >= 0.6 is 0 Å². The molecule has 1 N–H and O–H groups in total. The van der Waals surface area contributed by atoms with Gasteiger partial charge in [-0.3, -0.25) is 0 Å². The van der Waals surface area contributed by atoms with Crippen LogP contribution in [0.1, 0.15) is 31.5 Å². The maximum absolute atomic E-state index is 3.91. The van der Waals surface area contributed by atoms with Gasteiger partial charge in [-0.15, -0.1) is 0 Å². The van der Waals surface area contributed by atoms with Crippen LogP contribution in [0, 0.1) is 0 Å². The van der Waals surface area contributed by atoms with Gasteiger partial charge in [0.2, 0.25) is 0 Å². The SMILES string of the molecule is C=C(C)c1cc[nH]c1/C=C\CC. The molecule has 0 fully saturated rings. The Morgan fingerprint density at radius 1 is 1.67 bits per heavy atom. The van der Waals surface area contributed by atoms with Crippen LogP contribution in [0.4, 0.5) is 0 Å². The number of rotatable bonds is 3. The minimum atomic E-state index is 1.06. The molecule has 0 bridgehead atoms. The van der Waals surface area contributed by atoms with Crippen molar-refractivity contribution in [1.29, 1.82) is 0 Å². The topological polar surface area (TPSA) is 15.8 Å². The summed E-state index contributed by atoms with van der Waals surface area (Å²) in [5.41, 5.74) is 3.47. The van der Waals surface area contributed by atoms with E-state index in [1.807, 2.05) is 13.1 Å². The number of nitrogens with one attached hydrogen (secondary N) is 1. The van der Waals surface area contributed by atoms with Crippen molar-refractivity contribution in [3.8, 4) is 0 Å². The molecule has 0 aromatic carbocycles. The second-order valence-corrected chi connectivity index (χ2v) is 2.90. The largest absolute Gasteiger partial charge is 0.361 e. The number of hydrogen-bond donors (Lipinski definition) is 1. The predicted molar refractivity (Wildman–Crippen MR) is 54.8 cm³/mol. The summed E-state index contributed by atoms with van der Waals surface area (Å²) in [5.74, 6) is 0. The summed E-state index contributed by atoms with van der Waals surface area (Å²) >= 11 is 0. The monoisotopic (exact) mass is 161 g/mol. The van der Waals surface area contributed by atoms with Gasteiger partial charge in [-0.05, 0) is 31.1 Å². The van der Waals surface area contributed by atoms with E-state index in [0.29, 0.717) is 0 Å². The summed E-state index contributed by atoms with van der Waals surface area (Å²) in [6.45, 7) is 8.06. The predicted octanol–water partition coefficient (Wildman–Crippen LogP) is 3.47. The molecule has 0 aliphatic heterocycles. The molecular weight excluding hydrogens is 146 g/mol. The normalized spacial score (nSPS) is 10.8. The Labute approximate surface area is 73.8 Å². The smallest absolute Gasteiger partial charge is 0.0453 e. The van der Waals surface area contributed by atoms with E-state index in [0.717, 1.165) is 17.7 Å². The van der Waals surface area contributed by atoms with Crippen LogP contribution in [0.15, 0.2) is 24.9 Å². The van der Waals surface area contributed by atoms with E-state index >= 15 is 0 Å². The molecule has 1 rings (SSSR count). The maximum Gasteiger partial charge on any atom is 0.0453 e. The fourth-order valence-corrected chi connectivity index (χ4v) is 1.13. The number of aromatic nitrogens is 1. The Balaban J connectivity index is 2.91. The first-order valence-corrected chi connectivity index (χ1v) is 4.25. The lowest BCUT2D eigenvalue weighted by atomic mass is 10.1. The van der Waals surface area contributed by atoms with Crippen LogP contribution in [0.2, 0.25) is 0 Å². The molecular formula is C11H15N. The van der Waals surface area contributed by atoms with Gasteiger partial charge in [-0.25, -0.2) is 0 Å². The van der Waals surface area contributed by atoms with Crippen molar-refractivity contribution < 1.29 is 0 Å². The van der Waals surface area contributed by atoms with Crippen LogP contribution in [-0.2, 0) is 0 Å². The van der Waals surface area contributed by atoms with Gasteiger partial charge in [-0.1, -0.05) is 19.6 Å². The molecule has 1 heterocycles. The Kier molecular flexibility index (Phi) is 2.92.